The Labute approximate surface area is 157 Å². The smallest absolute Gasteiger partial charge is 0.165 e. The maximum atomic E-state index is 14.4. The average Bonchev–Trinajstić information content (AvgIpc) is 3.04. The van der Waals surface area contributed by atoms with Gasteiger partial charge in [-0.2, -0.15) is 0 Å². The minimum Gasteiger partial charge on any atom is -0.484 e. The van der Waals surface area contributed by atoms with Gasteiger partial charge >= 0.3 is 0 Å². The summed E-state index contributed by atoms with van der Waals surface area (Å²) in [7, 11) is 0. The number of benzene rings is 1. The van der Waals surface area contributed by atoms with Gasteiger partial charge in [0.15, 0.2) is 11.6 Å². The van der Waals surface area contributed by atoms with Crippen LogP contribution in [0.25, 0.3) is 0 Å². The van der Waals surface area contributed by atoms with Crippen LogP contribution in [0, 0.1) is 5.82 Å². The Hall–Kier alpha value is -2.54. The second kappa shape index (κ2) is 5.99. The number of hydrogen-bond acceptors (Lipinski definition) is 6. The molecule has 0 bridgehead atoms. The lowest BCUT2D eigenvalue weighted by Crippen LogP contribution is -2.27. The van der Waals surface area contributed by atoms with E-state index in [0.717, 1.165) is 60.7 Å². The molecule has 27 heavy (non-hydrogen) atoms. The molecule has 140 valence electrons. The Kier molecular flexibility index (Phi) is 3.69. The highest BCUT2D eigenvalue weighted by molar-refractivity contribution is 6.14. The number of anilines is 1. The van der Waals surface area contributed by atoms with Crippen molar-refractivity contribution >= 4 is 11.5 Å². The lowest BCUT2D eigenvalue weighted by Gasteiger charge is -2.17. The molecule has 2 fully saturated rings. The molecule has 3 heterocycles. The Morgan fingerprint density at radius 1 is 1.26 bits per heavy atom. The van der Waals surface area contributed by atoms with Crippen molar-refractivity contribution in [1.29, 1.82) is 0 Å². The van der Waals surface area contributed by atoms with E-state index in [1.165, 1.54) is 6.07 Å². The van der Waals surface area contributed by atoms with Crippen LogP contribution in [0.5, 0.6) is 5.75 Å². The predicted molar refractivity (Wildman–Crippen MR) is 101 cm³/mol. The zero-order valence-corrected chi connectivity index (χ0v) is 15.3. The van der Waals surface area contributed by atoms with E-state index in [4.69, 9.17) is 10.5 Å². The van der Waals surface area contributed by atoms with E-state index in [0.29, 0.717) is 12.3 Å². The largest absolute Gasteiger partial charge is 0.484 e. The van der Waals surface area contributed by atoms with Crippen LogP contribution < -0.4 is 15.4 Å². The normalized spacial score (nSPS) is 22.6. The molecule has 6 nitrogen and oxygen atoms in total. The number of aliphatic imine (C=N–C) groups is 1. The summed E-state index contributed by atoms with van der Waals surface area (Å²) in [6.45, 7) is 4.14. The molecule has 1 saturated carbocycles. The lowest BCUT2D eigenvalue weighted by molar-refractivity contribution is 0.191. The minimum atomic E-state index is -0.326. The van der Waals surface area contributed by atoms with Gasteiger partial charge in [-0.3, -0.25) is 4.99 Å². The molecule has 0 spiro atoms. The highest BCUT2D eigenvalue weighted by Crippen LogP contribution is 2.41. The molecule has 2 aromatic rings. The molecule has 0 unspecified atom stereocenters. The van der Waals surface area contributed by atoms with Gasteiger partial charge < -0.3 is 15.4 Å². The van der Waals surface area contributed by atoms with Gasteiger partial charge in [0.25, 0.3) is 0 Å². The summed E-state index contributed by atoms with van der Waals surface area (Å²) in [6.07, 6.45) is 4.43. The van der Waals surface area contributed by atoms with Crippen molar-refractivity contribution in [3.63, 3.8) is 0 Å². The molecule has 3 aliphatic rings. The Morgan fingerprint density at radius 2 is 2.11 bits per heavy atom. The summed E-state index contributed by atoms with van der Waals surface area (Å²) in [4.78, 5) is 15.6. The Morgan fingerprint density at radius 3 is 2.85 bits per heavy atom. The van der Waals surface area contributed by atoms with E-state index >= 15 is 0 Å². The average molecular weight is 367 g/mol. The van der Waals surface area contributed by atoms with Crippen molar-refractivity contribution in [2.45, 2.75) is 44.4 Å². The maximum Gasteiger partial charge on any atom is 0.165 e. The molecule has 1 aromatic carbocycles. The van der Waals surface area contributed by atoms with Gasteiger partial charge in [0, 0.05) is 30.8 Å². The summed E-state index contributed by atoms with van der Waals surface area (Å²) in [5.41, 5.74) is 9.04. The molecule has 0 amide bonds. The van der Waals surface area contributed by atoms with Crippen LogP contribution in [0.4, 0.5) is 10.2 Å². The van der Waals surface area contributed by atoms with E-state index in [2.05, 4.69) is 19.9 Å². The van der Waals surface area contributed by atoms with Crippen LogP contribution >= 0.6 is 0 Å². The first-order valence-corrected chi connectivity index (χ1v) is 9.40. The van der Waals surface area contributed by atoms with Gasteiger partial charge in [0.1, 0.15) is 17.7 Å². The SMILES string of the molecule is CC1(Oc2cc3c(cc2F)CN=C3c2cc(N3CC[C@@H](N)C3)ncn2)CC1. The first-order valence-electron chi connectivity index (χ1n) is 9.40. The predicted octanol–water partition coefficient (Wildman–Crippen LogP) is 2.44. The van der Waals surface area contributed by atoms with Crippen LogP contribution in [0.2, 0.25) is 0 Å². The molecule has 1 atom stereocenters. The number of aromatic nitrogens is 2. The first kappa shape index (κ1) is 16.6. The zero-order valence-electron chi connectivity index (χ0n) is 15.3. The topological polar surface area (TPSA) is 76.6 Å². The summed E-state index contributed by atoms with van der Waals surface area (Å²) in [6, 6.07) is 5.43. The summed E-state index contributed by atoms with van der Waals surface area (Å²) >= 11 is 0. The van der Waals surface area contributed by atoms with Gasteiger partial charge in [-0.05, 0) is 43.9 Å². The molecule has 1 aromatic heterocycles. The van der Waals surface area contributed by atoms with Crippen molar-refractivity contribution in [2.24, 2.45) is 10.7 Å². The number of hydrogen-bond donors (Lipinski definition) is 1. The molecular formula is C20H22FN5O. The first-order chi connectivity index (χ1) is 13.0. The fourth-order valence-corrected chi connectivity index (χ4v) is 3.68. The maximum absolute atomic E-state index is 14.4. The number of fused-ring (bicyclic) bond motifs is 1. The fraction of sp³-hybridized carbons (Fsp3) is 0.450. The van der Waals surface area contributed by atoms with Crippen LogP contribution in [-0.4, -0.2) is 40.4 Å². The monoisotopic (exact) mass is 367 g/mol. The number of nitrogens with two attached hydrogens (primary N) is 1. The second-order valence-electron chi connectivity index (χ2n) is 7.91. The van der Waals surface area contributed by atoms with Crippen LogP contribution in [0.15, 0.2) is 29.5 Å². The highest BCUT2D eigenvalue weighted by Gasteiger charge is 2.41. The van der Waals surface area contributed by atoms with Crippen molar-refractivity contribution in [2.75, 3.05) is 18.0 Å². The van der Waals surface area contributed by atoms with Crippen molar-refractivity contribution in [3.8, 4) is 5.75 Å². The second-order valence-corrected chi connectivity index (χ2v) is 7.91. The minimum absolute atomic E-state index is 0.180. The van der Waals surface area contributed by atoms with Crippen molar-refractivity contribution in [3.05, 3.63) is 47.2 Å². The molecule has 7 heteroatoms. The molecule has 1 aliphatic carbocycles. The Balaban J connectivity index is 1.47. The number of rotatable bonds is 4. The molecule has 2 N–H and O–H groups in total. The quantitative estimate of drug-likeness (QED) is 0.898. The Bertz CT molecular complexity index is 940. The molecular weight excluding hydrogens is 345 g/mol. The van der Waals surface area contributed by atoms with E-state index < -0.39 is 0 Å². The van der Waals surface area contributed by atoms with Crippen LogP contribution in [0.1, 0.15) is 43.0 Å². The van der Waals surface area contributed by atoms with Crippen LogP contribution in [0.3, 0.4) is 0 Å². The zero-order chi connectivity index (χ0) is 18.6. The third kappa shape index (κ3) is 3.06. The van der Waals surface area contributed by atoms with Gasteiger partial charge in [-0.1, -0.05) is 0 Å². The third-order valence-corrected chi connectivity index (χ3v) is 5.57. The van der Waals surface area contributed by atoms with Crippen LogP contribution in [-0.2, 0) is 6.54 Å². The molecule has 5 rings (SSSR count). The lowest BCUT2D eigenvalue weighted by atomic mass is 10.0. The van der Waals surface area contributed by atoms with Crippen molar-refractivity contribution in [1.82, 2.24) is 9.97 Å². The van der Waals surface area contributed by atoms with E-state index in [-0.39, 0.29) is 17.5 Å². The number of ether oxygens (including phenoxy) is 1. The van der Waals surface area contributed by atoms with E-state index in [9.17, 15) is 4.39 Å². The highest BCUT2D eigenvalue weighted by atomic mass is 19.1. The molecule has 0 radical (unpaired) electrons. The van der Waals surface area contributed by atoms with Gasteiger partial charge in [0.2, 0.25) is 0 Å². The fourth-order valence-electron chi connectivity index (χ4n) is 3.68. The summed E-state index contributed by atoms with van der Waals surface area (Å²) in [5.74, 6) is 0.823. The van der Waals surface area contributed by atoms with Gasteiger partial charge in [0.05, 0.1) is 18.0 Å². The number of halogens is 1. The van der Waals surface area contributed by atoms with Gasteiger partial charge in [-0.15, -0.1) is 0 Å². The molecule has 1 saturated heterocycles. The summed E-state index contributed by atoms with van der Waals surface area (Å²) in [5, 5.41) is 0. The van der Waals surface area contributed by atoms with Crippen molar-refractivity contribution < 1.29 is 9.13 Å². The van der Waals surface area contributed by atoms with E-state index in [1.807, 2.05) is 13.0 Å². The summed E-state index contributed by atoms with van der Waals surface area (Å²) < 4.78 is 20.3. The van der Waals surface area contributed by atoms with Gasteiger partial charge in [-0.25, -0.2) is 14.4 Å². The molecule has 2 aliphatic heterocycles. The standard InChI is InChI=1S/C20H22FN5O/c1-20(3-4-20)27-17-7-14-12(6-15(17)21)9-23-19(14)16-8-18(25-11-24-16)26-5-2-13(22)10-26/h6-8,11,13H,2-5,9-10,22H2,1H3/t13-/m1/s1. The number of nitrogens with zero attached hydrogens (tertiary/aromatic N) is 4. The third-order valence-electron chi connectivity index (χ3n) is 5.57. The van der Waals surface area contributed by atoms with E-state index in [1.54, 1.807) is 12.4 Å².